The Morgan fingerprint density at radius 1 is 0.964 bits per heavy atom. The Balaban J connectivity index is 1.30. The summed E-state index contributed by atoms with van der Waals surface area (Å²) in [6.07, 6.45) is 1.54. The molecule has 0 aliphatic carbocycles. The third-order valence-electron chi connectivity index (χ3n) is 5.63. The lowest BCUT2D eigenvalue weighted by Gasteiger charge is -2.38. The summed E-state index contributed by atoms with van der Waals surface area (Å²) in [4.78, 5) is 31.4. The molecule has 2 aliphatic heterocycles. The van der Waals surface area contributed by atoms with Gasteiger partial charge in [0.2, 0.25) is 11.8 Å². The summed E-state index contributed by atoms with van der Waals surface area (Å²) in [6.45, 7) is 5.93. The molecule has 4 heterocycles. The van der Waals surface area contributed by atoms with Gasteiger partial charge in [-0.25, -0.2) is 0 Å². The van der Waals surface area contributed by atoms with Crippen molar-refractivity contribution in [3.8, 4) is 10.6 Å². The van der Waals surface area contributed by atoms with Gasteiger partial charge in [-0.2, -0.15) is 0 Å². The van der Waals surface area contributed by atoms with Gasteiger partial charge in [0.15, 0.2) is 5.82 Å². The van der Waals surface area contributed by atoms with Gasteiger partial charge in [0.05, 0.1) is 4.88 Å². The van der Waals surface area contributed by atoms with Crippen molar-refractivity contribution in [3.63, 3.8) is 0 Å². The largest absolute Gasteiger partial charge is 0.352 e. The van der Waals surface area contributed by atoms with E-state index in [-0.39, 0.29) is 17.7 Å². The number of thiophene rings is 1. The van der Waals surface area contributed by atoms with Crippen molar-refractivity contribution in [3.05, 3.63) is 29.6 Å². The monoisotopic (exact) mass is 399 g/mol. The second-order valence-corrected chi connectivity index (χ2v) is 8.29. The van der Waals surface area contributed by atoms with E-state index in [0.29, 0.717) is 26.2 Å². The Kier molecular flexibility index (Phi) is 5.57. The topological polar surface area (TPSA) is 69.6 Å². The lowest BCUT2D eigenvalue weighted by atomic mass is 9.95. The predicted octanol–water partition coefficient (Wildman–Crippen LogP) is 2.11. The van der Waals surface area contributed by atoms with Crippen LogP contribution in [0, 0.1) is 5.92 Å². The van der Waals surface area contributed by atoms with Crippen molar-refractivity contribution in [2.24, 2.45) is 5.92 Å². The summed E-state index contributed by atoms with van der Waals surface area (Å²) in [7, 11) is 0. The molecule has 2 aromatic rings. The summed E-state index contributed by atoms with van der Waals surface area (Å²) in [6, 6.07) is 8.07. The van der Waals surface area contributed by atoms with Crippen LogP contribution in [0.15, 0.2) is 29.6 Å². The fourth-order valence-corrected chi connectivity index (χ4v) is 4.60. The number of carbonyl (C=O) groups excluding carboxylic acids is 2. The number of nitrogens with zero attached hydrogens (tertiary/aromatic N) is 5. The van der Waals surface area contributed by atoms with Crippen molar-refractivity contribution in [1.82, 2.24) is 20.0 Å². The van der Waals surface area contributed by atoms with Gasteiger partial charge >= 0.3 is 0 Å². The first-order valence-electron chi connectivity index (χ1n) is 9.78. The van der Waals surface area contributed by atoms with Crippen molar-refractivity contribution >= 4 is 29.0 Å². The van der Waals surface area contributed by atoms with Gasteiger partial charge in [-0.3, -0.25) is 9.59 Å². The van der Waals surface area contributed by atoms with E-state index >= 15 is 0 Å². The number of piperazine rings is 1. The molecule has 2 saturated heterocycles. The maximum absolute atomic E-state index is 12.8. The van der Waals surface area contributed by atoms with E-state index in [1.54, 1.807) is 18.3 Å². The normalized spacial score (nSPS) is 18.4. The molecule has 0 atom stereocenters. The highest BCUT2D eigenvalue weighted by Crippen LogP contribution is 2.24. The number of carbonyl (C=O) groups is 2. The number of rotatable bonds is 3. The van der Waals surface area contributed by atoms with Crippen LogP contribution in [-0.4, -0.2) is 71.1 Å². The minimum absolute atomic E-state index is 0.0482. The first-order valence-corrected chi connectivity index (χ1v) is 10.7. The molecule has 0 aromatic carbocycles. The fourth-order valence-electron chi connectivity index (χ4n) is 3.91. The molecule has 2 aliphatic rings. The summed E-state index contributed by atoms with van der Waals surface area (Å²) >= 11 is 1.65. The zero-order valence-corrected chi connectivity index (χ0v) is 16.9. The molecule has 8 heteroatoms. The summed E-state index contributed by atoms with van der Waals surface area (Å²) < 4.78 is 0. The molecular weight excluding hydrogens is 374 g/mol. The van der Waals surface area contributed by atoms with Crippen molar-refractivity contribution < 1.29 is 9.59 Å². The molecule has 2 aromatic heterocycles. The van der Waals surface area contributed by atoms with E-state index in [2.05, 4.69) is 15.1 Å². The van der Waals surface area contributed by atoms with E-state index in [4.69, 9.17) is 0 Å². The van der Waals surface area contributed by atoms with Gasteiger partial charge in [-0.15, -0.1) is 21.5 Å². The third-order valence-corrected chi connectivity index (χ3v) is 6.52. The van der Waals surface area contributed by atoms with Gasteiger partial charge < -0.3 is 14.7 Å². The molecular formula is C20H25N5O2S. The molecule has 0 saturated carbocycles. The number of hydrogen-bond donors (Lipinski definition) is 0. The van der Waals surface area contributed by atoms with Crippen LogP contribution in [0.3, 0.4) is 0 Å². The van der Waals surface area contributed by atoms with Crippen LogP contribution in [0.2, 0.25) is 0 Å². The molecule has 0 radical (unpaired) electrons. The highest BCUT2D eigenvalue weighted by Gasteiger charge is 2.31. The fraction of sp³-hybridized carbons (Fsp3) is 0.500. The standard InChI is InChI=1S/C20H25N5O2S/c1-15(26)23-8-6-16(7-9-23)20(27)25-12-10-24(11-13-25)19-5-4-17(21-22-19)18-3-2-14-28-18/h2-5,14,16H,6-13H2,1H3. The SMILES string of the molecule is CC(=O)N1CCC(C(=O)N2CCN(c3ccc(-c4cccs4)nn3)CC2)CC1. The molecule has 7 nitrogen and oxygen atoms in total. The number of amides is 2. The quantitative estimate of drug-likeness (QED) is 0.791. The lowest BCUT2D eigenvalue weighted by molar-refractivity contribution is -0.140. The van der Waals surface area contributed by atoms with E-state index < -0.39 is 0 Å². The van der Waals surface area contributed by atoms with Crippen molar-refractivity contribution in [2.45, 2.75) is 19.8 Å². The van der Waals surface area contributed by atoms with Crippen LogP contribution in [0.25, 0.3) is 10.6 Å². The molecule has 2 amide bonds. The molecule has 0 unspecified atom stereocenters. The molecule has 0 spiro atoms. The van der Waals surface area contributed by atoms with Crippen LogP contribution in [0.4, 0.5) is 5.82 Å². The Morgan fingerprint density at radius 3 is 2.29 bits per heavy atom. The zero-order chi connectivity index (χ0) is 19.5. The van der Waals surface area contributed by atoms with E-state index in [0.717, 1.165) is 42.3 Å². The summed E-state index contributed by atoms with van der Waals surface area (Å²) in [5.74, 6) is 1.25. The van der Waals surface area contributed by atoms with Crippen LogP contribution < -0.4 is 4.90 Å². The zero-order valence-electron chi connectivity index (χ0n) is 16.1. The van der Waals surface area contributed by atoms with Gasteiger partial charge in [0.25, 0.3) is 0 Å². The van der Waals surface area contributed by atoms with Crippen LogP contribution in [-0.2, 0) is 9.59 Å². The Bertz CT molecular complexity index is 808. The van der Waals surface area contributed by atoms with Crippen molar-refractivity contribution in [1.29, 1.82) is 0 Å². The molecule has 0 N–H and O–H groups in total. The van der Waals surface area contributed by atoms with Crippen LogP contribution in [0.1, 0.15) is 19.8 Å². The average Bonchev–Trinajstić information content (AvgIpc) is 3.28. The van der Waals surface area contributed by atoms with Gasteiger partial charge in [-0.05, 0) is 36.4 Å². The molecule has 2 fully saturated rings. The number of likely N-dealkylation sites (tertiary alicyclic amines) is 1. The van der Waals surface area contributed by atoms with E-state index in [1.165, 1.54) is 0 Å². The molecule has 0 bridgehead atoms. The number of anilines is 1. The predicted molar refractivity (Wildman–Crippen MR) is 109 cm³/mol. The second-order valence-electron chi connectivity index (χ2n) is 7.35. The average molecular weight is 400 g/mol. The Labute approximate surface area is 169 Å². The minimum atomic E-state index is 0.0482. The first kappa shape index (κ1) is 18.9. The molecule has 4 rings (SSSR count). The third kappa shape index (κ3) is 4.01. The summed E-state index contributed by atoms with van der Waals surface area (Å²) in [5, 5.41) is 10.8. The van der Waals surface area contributed by atoms with Gasteiger partial charge in [-0.1, -0.05) is 6.07 Å². The van der Waals surface area contributed by atoms with E-state index in [9.17, 15) is 9.59 Å². The number of hydrogen-bond acceptors (Lipinski definition) is 6. The van der Waals surface area contributed by atoms with E-state index in [1.807, 2.05) is 39.4 Å². The van der Waals surface area contributed by atoms with Crippen LogP contribution >= 0.6 is 11.3 Å². The van der Waals surface area contributed by atoms with Crippen molar-refractivity contribution in [2.75, 3.05) is 44.2 Å². The lowest BCUT2D eigenvalue weighted by Crippen LogP contribution is -2.52. The summed E-state index contributed by atoms with van der Waals surface area (Å²) in [5.41, 5.74) is 0.893. The Hall–Kier alpha value is -2.48. The number of aromatic nitrogens is 2. The minimum Gasteiger partial charge on any atom is -0.352 e. The van der Waals surface area contributed by atoms with Crippen LogP contribution in [0.5, 0.6) is 0 Å². The smallest absolute Gasteiger partial charge is 0.225 e. The first-order chi connectivity index (χ1) is 13.6. The second kappa shape index (κ2) is 8.26. The number of piperidine rings is 1. The maximum atomic E-state index is 12.8. The molecule has 28 heavy (non-hydrogen) atoms. The van der Waals surface area contributed by atoms with Gasteiger partial charge in [0, 0.05) is 52.1 Å². The maximum Gasteiger partial charge on any atom is 0.225 e. The highest BCUT2D eigenvalue weighted by molar-refractivity contribution is 7.13. The Morgan fingerprint density at radius 2 is 1.71 bits per heavy atom. The van der Waals surface area contributed by atoms with Gasteiger partial charge in [0.1, 0.15) is 5.69 Å². The highest BCUT2D eigenvalue weighted by atomic mass is 32.1. The molecule has 148 valence electrons.